The molecule has 3 rings (SSSR count). The number of hydrogen-bond acceptors (Lipinski definition) is 3. The quantitative estimate of drug-likeness (QED) is 0.724. The van der Waals surface area contributed by atoms with E-state index in [0.29, 0.717) is 16.6 Å². The minimum absolute atomic E-state index is 0.298. The first-order valence-electron chi connectivity index (χ1n) is 6.99. The van der Waals surface area contributed by atoms with Crippen molar-refractivity contribution in [3.8, 4) is 5.69 Å². The molecule has 0 spiro atoms. The molecule has 0 aliphatic heterocycles. The summed E-state index contributed by atoms with van der Waals surface area (Å²) in [4.78, 5) is 27.3. The van der Waals surface area contributed by atoms with Crippen LogP contribution in [0.3, 0.4) is 0 Å². The number of anilines is 1. The zero-order valence-electron chi connectivity index (χ0n) is 12.8. The van der Waals surface area contributed by atoms with E-state index in [9.17, 15) is 9.59 Å². The average Bonchev–Trinajstić information content (AvgIpc) is 2.53. The molecule has 0 aliphatic carbocycles. The Labute approximate surface area is 127 Å². The number of rotatable bonds is 2. The third kappa shape index (κ3) is 2.11. The van der Waals surface area contributed by atoms with Gasteiger partial charge in [-0.15, -0.1) is 0 Å². The largest absolute Gasteiger partial charge is 0.378 e. The molecule has 112 valence electrons. The predicted octanol–water partition coefficient (Wildman–Crippen LogP) is 1.76. The maximum Gasteiger partial charge on any atom is 0.335 e. The van der Waals surface area contributed by atoms with Gasteiger partial charge < -0.3 is 4.90 Å². The highest BCUT2D eigenvalue weighted by atomic mass is 16.2. The first-order valence-corrected chi connectivity index (χ1v) is 6.99. The number of aromatic nitrogens is 2. The molecule has 0 atom stereocenters. The normalized spacial score (nSPS) is 10.9. The molecule has 1 aromatic heterocycles. The van der Waals surface area contributed by atoms with E-state index in [4.69, 9.17) is 0 Å². The molecule has 5 heteroatoms. The van der Waals surface area contributed by atoms with Crippen molar-refractivity contribution in [1.29, 1.82) is 0 Å². The number of benzene rings is 2. The molecule has 0 radical (unpaired) electrons. The lowest BCUT2D eigenvalue weighted by molar-refractivity contribution is 0.774. The van der Waals surface area contributed by atoms with Gasteiger partial charge >= 0.3 is 5.69 Å². The van der Waals surface area contributed by atoms with Crippen LogP contribution in [0.25, 0.3) is 16.6 Å². The summed E-state index contributed by atoms with van der Waals surface area (Å²) >= 11 is 0. The van der Waals surface area contributed by atoms with Gasteiger partial charge in [-0.05, 0) is 30.3 Å². The Hall–Kier alpha value is -2.82. The number of fused-ring (bicyclic) bond motifs is 1. The molecule has 3 aromatic rings. The fourth-order valence-electron chi connectivity index (χ4n) is 2.53. The molecule has 0 fully saturated rings. The second-order valence-electron chi connectivity index (χ2n) is 5.41. The van der Waals surface area contributed by atoms with Crippen molar-refractivity contribution in [3.63, 3.8) is 0 Å². The summed E-state index contributed by atoms with van der Waals surface area (Å²) in [6, 6.07) is 14.5. The fraction of sp³-hybridized carbons (Fsp3) is 0.176. The lowest BCUT2D eigenvalue weighted by atomic mass is 10.2. The van der Waals surface area contributed by atoms with Gasteiger partial charge in [-0.25, -0.2) is 9.36 Å². The van der Waals surface area contributed by atoms with Crippen LogP contribution in [0, 0.1) is 0 Å². The molecular formula is C17H17N3O2. The van der Waals surface area contributed by atoms with E-state index in [1.165, 1.54) is 9.13 Å². The molecule has 0 aliphatic rings. The van der Waals surface area contributed by atoms with Crippen LogP contribution in [0.5, 0.6) is 0 Å². The average molecular weight is 295 g/mol. The van der Waals surface area contributed by atoms with E-state index in [1.807, 2.05) is 55.4 Å². The maximum absolute atomic E-state index is 12.8. The van der Waals surface area contributed by atoms with E-state index < -0.39 is 0 Å². The van der Waals surface area contributed by atoms with Crippen LogP contribution in [0.1, 0.15) is 0 Å². The topological polar surface area (TPSA) is 47.2 Å². The van der Waals surface area contributed by atoms with E-state index in [0.717, 1.165) is 5.69 Å². The van der Waals surface area contributed by atoms with Gasteiger partial charge in [0.25, 0.3) is 5.56 Å². The lowest BCUT2D eigenvalue weighted by Gasteiger charge is -2.15. The smallest absolute Gasteiger partial charge is 0.335 e. The zero-order chi connectivity index (χ0) is 15.9. The van der Waals surface area contributed by atoms with Gasteiger partial charge in [-0.1, -0.05) is 18.2 Å². The Kier molecular flexibility index (Phi) is 3.33. The van der Waals surface area contributed by atoms with Gasteiger partial charge in [0.2, 0.25) is 0 Å². The van der Waals surface area contributed by atoms with Crippen LogP contribution < -0.4 is 16.1 Å². The van der Waals surface area contributed by atoms with Gasteiger partial charge in [-0.2, -0.15) is 0 Å². The van der Waals surface area contributed by atoms with Crippen LogP contribution in [0.2, 0.25) is 0 Å². The molecule has 1 heterocycles. The van der Waals surface area contributed by atoms with Crippen molar-refractivity contribution in [2.24, 2.45) is 7.05 Å². The SMILES string of the molecule is CN(C)c1ccc2c(c1)c(=O)n(-c1ccccc1)c(=O)n2C. The van der Waals surface area contributed by atoms with Crippen molar-refractivity contribution < 1.29 is 0 Å². The van der Waals surface area contributed by atoms with Crippen LogP contribution in [-0.2, 0) is 7.05 Å². The van der Waals surface area contributed by atoms with Crippen LogP contribution in [-0.4, -0.2) is 23.2 Å². The summed E-state index contributed by atoms with van der Waals surface area (Å²) in [6.07, 6.45) is 0. The van der Waals surface area contributed by atoms with Crippen molar-refractivity contribution >= 4 is 16.6 Å². The molecule has 0 bridgehead atoms. The predicted molar refractivity (Wildman–Crippen MR) is 89.1 cm³/mol. The molecule has 0 saturated heterocycles. The van der Waals surface area contributed by atoms with Gasteiger partial charge in [0.1, 0.15) is 0 Å². The summed E-state index contributed by atoms with van der Waals surface area (Å²) in [5.74, 6) is 0. The summed E-state index contributed by atoms with van der Waals surface area (Å²) < 4.78 is 2.71. The molecule has 0 N–H and O–H groups in total. The van der Waals surface area contributed by atoms with Crippen molar-refractivity contribution in [2.75, 3.05) is 19.0 Å². The Morgan fingerprint density at radius 3 is 2.27 bits per heavy atom. The summed E-state index contributed by atoms with van der Waals surface area (Å²) in [5, 5.41) is 0.525. The zero-order valence-corrected chi connectivity index (χ0v) is 12.8. The van der Waals surface area contributed by atoms with Gasteiger partial charge in [-0.3, -0.25) is 9.36 Å². The first kappa shape index (κ1) is 14.1. The molecule has 2 aromatic carbocycles. The first-order chi connectivity index (χ1) is 10.5. The Bertz CT molecular complexity index is 953. The van der Waals surface area contributed by atoms with Gasteiger partial charge in [0, 0.05) is 26.8 Å². The monoisotopic (exact) mass is 295 g/mol. The van der Waals surface area contributed by atoms with E-state index in [2.05, 4.69) is 0 Å². The highest BCUT2D eigenvalue weighted by Crippen LogP contribution is 2.17. The van der Waals surface area contributed by atoms with Crippen LogP contribution in [0.15, 0.2) is 58.1 Å². The third-order valence-corrected chi connectivity index (χ3v) is 3.78. The summed E-state index contributed by atoms with van der Waals surface area (Å²) in [6.45, 7) is 0. The minimum Gasteiger partial charge on any atom is -0.378 e. The summed E-state index contributed by atoms with van der Waals surface area (Å²) in [5.41, 5.74) is 1.48. The number of aryl methyl sites for hydroxylation is 1. The Morgan fingerprint density at radius 2 is 1.64 bits per heavy atom. The van der Waals surface area contributed by atoms with Gasteiger partial charge in [0.15, 0.2) is 0 Å². The van der Waals surface area contributed by atoms with E-state index in [1.54, 1.807) is 19.2 Å². The second kappa shape index (κ2) is 5.18. The Balaban J connectivity index is 2.44. The minimum atomic E-state index is -0.346. The number of hydrogen-bond donors (Lipinski definition) is 0. The number of nitrogens with zero attached hydrogens (tertiary/aromatic N) is 3. The molecule has 0 amide bonds. The lowest BCUT2D eigenvalue weighted by Crippen LogP contribution is -2.37. The molecular weight excluding hydrogens is 278 g/mol. The van der Waals surface area contributed by atoms with Crippen molar-refractivity contribution in [3.05, 3.63) is 69.4 Å². The fourth-order valence-corrected chi connectivity index (χ4v) is 2.53. The second-order valence-corrected chi connectivity index (χ2v) is 5.41. The highest BCUT2D eigenvalue weighted by molar-refractivity contribution is 5.82. The van der Waals surface area contributed by atoms with Crippen molar-refractivity contribution in [2.45, 2.75) is 0 Å². The Morgan fingerprint density at radius 1 is 0.955 bits per heavy atom. The molecule has 0 saturated carbocycles. The highest BCUT2D eigenvalue weighted by Gasteiger charge is 2.13. The molecule has 0 unspecified atom stereocenters. The van der Waals surface area contributed by atoms with Crippen LogP contribution in [0.4, 0.5) is 5.69 Å². The standard InChI is InChI=1S/C17H17N3O2/c1-18(2)13-9-10-15-14(11-13)16(21)20(17(22)19(15)3)12-7-5-4-6-8-12/h4-11H,1-3H3. The van der Waals surface area contributed by atoms with Crippen LogP contribution >= 0.6 is 0 Å². The summed E-state index contributed by atoms with van der Waals surface area (Å²) in [7, 11) is 5.51. The van der Waals surface area contributed by atoms with E-state index >= 15 is 0 Å². The van der Waals surface area contributed by atoms with Gasteiger partial charge in [0.05, 0.1) is 16.6 Å². The van der Waals surface area contributed by atoms with Crippen molar-refractivity contribution in [1.82, 2.24) is 9.13 Å². The van der Waals surface area contributed by atoms with E-state index in [-0.39, 0.29) is 11.2 Å². The maximum atomic E-state index is 12.8. The molecule has 5 nitrogen and oxygen atoms in total. The third-order valence-electron chi connectivity index (χ3n) is 3.78. The molecule has 22 heavy (non-hydrogen) atoms. The number of para-hydroxylation sites is 1.